The van der Waals surface area contributed by atoms with Gasteiger partial charge in [0.1, 0.15) is 5.69 Å². The standard InChI is InChI=1S/C13H18N2O2/c1-9(2)11-4-3-6-14-12(11)13(16)15-10-5-7-17-8-10/h3-4,6,9-10H,5,7-8H2,1-2H3,(H,15,16)/t10-/m1/s1. The summed E-state index contributed by atoms with van der Waals surface area (Å²) in [6, 6.07) is 3.95. The van der Waals surface area contributed by atoms with Gasteiger partial charge < -0.3 is 10.1 Å². The Morgan fingerprint density at radius 2 is 2.41 bits per heavy atom. The molecule has 0 bridgehead atoms. The van der Waals surface area contributed by atoms with Gasteiger partial charge in [-0.05, 0) is 24.0 Å². The van der Waals surface area contributed by atoms with Crippen LogP contribution in [0.1, 0.15) is 42.2 Å². The maximum absolute atomic E-state index is 12.1. The van der Waals surface area contributed by atoms with Crippen molar-refractivity contribution in [3.63, 3.8) is 0 Å². The fourth-order valence-electron chi connectivity index (χ4n) is 1.98. The van der Waals surface area contributed by atoms with E-state index in [0.717, 1.165) is 18.6 Å². The molecule has 92 valence electrons. The van der Waals surface area contributed by atoms with Crippen LogP contribution in [-0.4, -0.2) is 30.1 Å². The molecule has 1 aromatic rings. The summed E-state index contributed by atoms with van der Waals surface area (Å²) in [5.41, 5.74) is 1.53. The zero-order valence-corrected chi connectivity index (χ0v) is 10.3. The number of aromatic nitrogens is 1. The monoisotopic (exact) mass is 234 g/mol. The van der Waals surface area contributed by atoms with Gasteiger partial charge in [0.15, 0.2) is 0 Å². The van der Waals surface area contributed by atoms with Crippen LogP contribution in [0.15, 0.2) is 18.3 Å². The highest BCUT2D eigenvalue weighted by Crippen LogP contribution is 2.17. The average Bonchev–Trinajstić information content (AvgIpc) is 2.81. The summed E-state index contributed by atoms with van der Waals surface area (Å²) in [7, 11) is 0. The van der Waals surface area contributed by atoms with E-state index in [0.29, 0.717) is 18.2 Å². The molecule has 0 radical (unpaired) electrons. The molecule has 1 amide bonds. The summed E-state index contributed by atoms with van der Waals surface area (Å²) in [6.07, 6.45) is 2.54. The third-order valence-electron chi connectivity index (χ3n) is 2.94. The van der Waals surface area contributed by atoms with Crippen LogP contribution in [0.5, 0.6) is 0 Å². The van der Waals surface area contributed by atoms with Gasteiger partial charge in [-0.25, -0.2) is 0 Å². The SMILES string of the molecule is CC(C)c1cccnc1C(=O)N[C@@H]1CCOC1. The van der Waals surface area contributed by atoms with E-state index >= 15 is 0 Å². The molecule has 0 spiro atoms. The molecule has 1 saturated heterocycles. The highest BCUT2D eigenvalue weighted by Gasteiger charge is 2.21. The number of amides is 1. The summed E-state index contributed by atoms with van der Waals surface area (Å²) in [5, 5.41) is 2.96. The number of carbonyl (C=O) groups excluding carboxylic acids is 1. The molecule has 1 N–H and O–H groups in total. The van der Waals surface area contributed by atoms with E-state index in [9.17, 15) is 4.79 Å². The molecule has 0 aromatic carbocycles. The molecule has 2 rings (SSSR count). The van der Waals surface area contributed by atoms with Crippen molar-refractivity contribution in [1.82, 2.24) is 10.3 Å². The Morgan fingerprint density at radius 3 is 3.06 bits per heavy atom. The van der Waals surface area contributed by atoms with Gasteiger partial charge in [0.05, 0.1) is 12.6 Å². The van der Waals surface area contributed by atoms with Crippen molar-refractivity contribution in [3.8, 4) is 0 Å². The van der Waals surface area contributed by atoms with E-state index < -0.39 is 0 Å². The van der Waals surface area contributed by atoms with Gasteiger partial charge in [0.25, 0.3) is 5.91 Å². The second-order valence-electron chi connectivity index (χ2n) is 4.63. The first-order valence-corrected chi connectivity index (χ1v) is 6.02. The lowest BCUT2D eigenvalue weighted by molar-refractivity contribution is 0.0923. The molecule has 1 aromatic heterocycles. The summed E-state index contributed by atoms with van der Waals surface area (Å²) in [5.74, 6) is 0.203. The molecule has 1 aliphatic heterocycles. The first kappa shape index (κ1) is 12.0. The lowest BCUT2D eigenvalue weighted by atomic mass is 10.0. The minimum atomic E-state index is -0.0928. The molecule has 4 heteroatoms. The van der Waals surface area contributed by atoms with E-state index in [4.69, 9.17) is 4.74 Å². The van der Waals surface area contributed by atoms with E-state index in [1.807, 2.05) is 12.1 Å². The Hall–Kier alpha value is -1.42. The number of nitrogens with one attached hydrogen (secondary N) is 1. The number of rotatable bonds is 3. The first-order chi connectivity index (χ1) is 8.18. The number of pyridine rings is 1. The van der Waals surface area contributed by atoms with Crippen LogP contribution >= 0.6 is 0 Å². The molecule has 17 heavy (non-hydrogen) atoms. The van der Waals surface area contributed by atoms with Gasteiger partial charge >= 0.3 is 0 Å². The van der Waals surface area contributed by atoms with Crippen molar-refractivity contribution < 1.29 is 9.53 Å². The normalized spacial score (nSPS) is 19.6. The second kappa shape index (κ2) is 5.27. The van der Waals surface area contributed by atoms with Crippen LogP contribution in [-0.2, 0) is 4.74 Å². The number of hydrogen-bond acceptors (Lipinski definition) is 3. The topological polar surface area (TPSA) is 51.2 Å². The summed E-state index contributed by atoms with van der Waals surface area (Å²) in [6.45, 7) is 5.46. The van der Waals surface area contributed by atoms with Crippen molar-refractivity contribution >= 4 is 5.91 Å². The zero-order chi connectivity index (χ0) is 12.3. The Balaban J connectivity index is 2.12. The molecule has 0 unspecified atom stereocenters. The van der Waals surface area contributed by atoms with Crippen LogP contribution in [0, 0.1) is 0 Å². The van der Waals surface area contributed by atoms with Gasteiger partial charge in [0, 0.05) is 12.8 Å². The minimum absolute atomic E-state index is 0.0928. The first-order valence-electron chi connectivity index (χ1n) is 6.02. The van der Waals surface area contributed by atoms with Gasteiger partial charge in [0.2, 0.25) is 0 Å². The van der Waals surface area contributed by atoms with E-state index in [-0.39, 0.29) is 11.9 Å². The van der Waals surface area contributed by atoms with Crippen molar-refractivity contribution in [2.45, 2.75) is 32.2 Å². The summed E-state index contributed by atoms with van der Waals surface area (Å²) >= 11 is 0. The summed E-state index contributed by atoms with van der Waals surface area (Å²) < 4.78 is 5.24. The molecule has 0 saturated carbocycles. The van der Waals surface area contributed by atoms with Crippen LogP contribution in [0.2, 0.25) is 0 Å². The Kier molecular flexibility index (Phi) is 3.74. The van der Waals surface area contributed by atoms with Crippen LogP contribution in [0.4, 0.5) is 0 Å². The smallest absolute Gasteiger partial charge is 0.270 e. The third-order valence-corrected chi connectivity index (χ3v) is 2.94. The second-order valence-corrected chi connectivity index (χ2v) is 4.63. The van der Waals surface area contributed by atoms with Gasteiger partial charge in [-0.3, -0.25) is 9.78 Å². The lowest BCUT2D eigenvalue weighted by Gasteiger charge is -2.14. The number of hydrogen-bond donors (Lipinski definition) is 1. The lowest BCUT2D eigenvalue weighted by Crippen LogP contribution is -2.36. The molecular weight excluding hydrogens is 216 g/mol. The molecule has 4 nitrogen and oxygen atoms in total. The van der Waals surface area contributed by atoms with E-state index in [2.05, 4.69) is 24.1 Å². The highest BCUT2D eigenvalue weighted by molar-refractivity contribution is 5.94. The molecule has 1 aliphatic rings. The van der Waals surface area contributed by atoms with Crippen LogP contribution in [0.25, 0.3) is 0 Å². The predicted octanol–water partition coefficient (Wildman–Crippen LogP) is 1.72. The van der Waals surface area contributed by atoms with Gasteiger partial charge in [-0.2, -0.15) is 0 Å². The quantitative estimate of drug-likeness (QED) is 0.866. The van der Waals surface area contributed by atoms with Crippen molar-refractivity contribution in [3.05, 3.63) is 29.6 Å². The number of nitrogens with zero attached hydrogens (tertiary/aromatic N) is 1. The Morgan fingerprint density at radius 1 is 1.59 bits per heavy atom. The van der Waals surface area contributed by atoms with Crippen molar-refractivity contribution in [2.24, 2.45) is 0 Å². The number of ether oxygens (including phenoxy) is 1. The van der Waals surface area contributed by atoms with E-state index in [1.165, 1.54) is 0 Å². The highest BCUT2D eigenvalue weighted by atomic mass is 16.5. The van der Waals surface area contributed by atoms with E-state index in [1.54, 1.807) is 6.20 Å². The maximum Gasteiger partial charge on any atom is 0.270 e. The van der Waals surface area contributed by atoms with Crippen LogP contribution in [0.3, 0.4) is 0 Å². The van der Waals surface area contributed by atoms with Crippen molar-refractivity contribution in [1.29, 1.82) is 0 Å². The fourth-order valence-corrected chi connectivity index (χ4v) is 1.98. The van der Waals surface area contributed by atoms with Crippen LogP contribution < -0.4 is 5.32 Å². The Labute approximate surface area is 101 Å². The number of carbonyl (C=O) groups is 1. The maximum atomic E-state index is 12.1. The molecular formula is C13H18N2O2. The molecule has 1 atom stereocenters. The zero-order valence-electron chi connectivity index (χ0n) is 10.3. The Bertz CT molecular complexity index is 398. The fraction of sp³-hybridized carbons (Fsp3) is 0.538. The third kappa shape index (κ3) is 2.82. The van der Waals surface area contributed by atoms with Crippen molar-refractivity contribution in [2.75, 3.05) is 13.2 Å². The average molecular weight is 234 g/mol. The van der Waals surface area contributed by atoms with Gasteiger partial charge in [-0.1, -0.05) is 19.9 Å². The minimum Gasteiger partial charge on any atom is -0.379 e. The molecule has 1 fully saturated rings. The molecule has 2 heterocycles. The van der Waals surface area contributed by atoms with Gasteiger partial charge in [-0.15, -0.1) is 0 Å². The predicted molar refractivity (Wildman–Crippen MR) is 65.0 cm³/mol. The largest absolute Gasteiger partial charge is 0.379 e. The molecule has 0 aliphatic carbocycles. The summed E-state index contributed by atoms with van der Waals surface area (Å²) in [4.78, 5) is 16.3.